The lowest BCUT2D eigenvalue weighted by Crippen LogP contribution is -3.19. The number of carbonyl (C=O) groups excluding carboxylic acids is 2. The second kappa shape index (κ2) is 9.63. The molecular weight excluding hydrogens is 380 g/mol. The van der Waals surface area contributed by atoms with Gasteiger partial charge >= 0.3 is 0 Å². The molecule has 2 aromatic rings. The van der Waals surface area contributed by atoms with Crippen molar-refractivity contribution in [1.29, 1.82) is 0 Å². The van der Waals surface area contributed by atoms with E-state index in [-0.39, 0.29) is 30.2 Å². The second-order valence-corrected chi connectivity index (χ2v) is 7.99. The van der Waals surface area contributed by atoms with Crippen molar-refractivity contribution in [2.75, 3.05) is 50.0 Å². The van der Waals surface area contributed by atoms with Gasteiger partial charge in [0.1, 0.15) is 5.75 Å². The minimum Gasteiger partial charge on any atom is -0.508 e. The predicted octanol–water partition coefficient (Wildman–Crippen LogP) is 0.891. The van der Waals surface area contributed by atoms with Crippen molar-refractivity contribution in [2.45, 2.75) is 19.9 Å². The molecule has 0 saturated carbocycles. The van der Waals surface area contributed by atoms with Crippen LogP contribution in [0, 0.1) is 6.92 Å². The number of piperazine rings is 1. The lowest BCUT2D eigenvalue weighted by molar-refractivity contribution is -0.915. The Kier molecular flexibility index (Phi) is 6.95. The molecule has 3 N–H and O–H groups in total. The summed E-state index contributed by atoms with van der Waals surface area (Å²) in [6.45, 7) is 7.33. The molecule has 7 heteroatoms. The summed E-state index contributed by atoms with van der Waals surface area (Å²) in [6, 6.07) is 14.6. The Balaban J connectivity index is 1.48. The van der Waals surface area contributed by atoms with Crippen molar-refractivity contribution in [2.24, 2.45) is 0 Å². The number of carbonyl (C=O) groups is 2. The Hall–Kier alpha value is -3.06. The van der Waals surface area contributed by atoms with Gasteiger partial charge in [-0.3, -0.25) is 9.59 Å². The van der Waals surface area contributed by atoms with Gasteiger partial charge in [-0.05, 0) is 50.2 Å². The number of likely N-dealkylation sites (N-methyl/N-ethyl adjacent to an activating group) is 1. The number of anilines is 2. The van der Waals surface area contributed by atoms with E-state index in [4.69, 9.17) is 0 Å². The summed E-state index contributed by atoms with van der Waals surface area (Å²) in [6.07, 6.45) is 0. The number of phenolic OH excluding ortho intramolecular Hbond substituents is 1. The van der Waals surface area contributed by atoms with Crippen LogP contribution in [0.5, 0.6) is 5.75 Å². The standard InChI is InChI=1S/C23H30N4O3/c1-17-4-6-19(7-5-17)24-22(29)16-25(3)23(30)18(2)26-12-14-27(15-13-26)20-8-10-21(28)11-9-20/h4-11,18,28H,12-16H2,1-3H3,(H,24,29)/p+1/t18-/m0/s1. The number of quaternary nitrogens is 1. The zero-order valence-electron chi connectivity index (χ0n) is 17.9. The van der Waals surface area contributed by atoms with Gasteiger partial charge in [-0.15, -0.1) is 0 Å². The fraction of sp³-hybridized carbons (Fsp3) is 0.391. The van der Waals surface area contributed by atoms with E-state index in [9.17, 15) is 14.7 Å². The van der Waals surface area contributed by atoms with Crippen LogP contribution in [0.1, 0.15) is 12.5 Å². The molecular formula is C23H31N4O3+. The first-order chi connectivity index (χ1) is 14.3. The van der Waals surface area contributed by atoms with E-state index in [1.807, 2.05) is 50.2 Å². The summed E-state index contributed by atoms with van der Waals surface area (Å²) < 4.78 is 0. The number of nitrogens with zero attached hydrogens (tertiary/aromatic N) is 2. The third kappa shape index (κ3) is 5.51. The molecule has 0 bridgehead atoms. The summed E-state index contributed by atoms with van der Waals surface area (Å²) >= 11 is 0. The van der Waals surface area contributed by atoms with Crippen LogP contribution in [0.2, 0.25) is 0 Å². The molecule has 3 rings (SSSR count). The largest absolute Gasteiger partial charge is 0.508 e. The van der Waals surface area contributed by atoms with Crippen molar-refractivity contribution < 1.29 is 19.6 Å². The number of hydrogen-bond acceptors (Lipinski definition) is 4. The highest BCUT2D eigenvalue weighted by molar-refractivity contribution is 5.94. The molecule has 0 unspecified atom stereocenters. The van der Waals surface area contributed by atoms with E-state index in [1.165, 1.54) is 9.80 Å². The van der Waals surface area contributed by atoms with E-state index >= 15 is 0 Å². The molecule has 0 aliphatic carbocycles. The van der Waals surface area contributed by atoms with Gasteiger partial charge in [0.05, 0.1) is 32.7 Å². The summed E-state index contributed by atoms with van der Waals surface area (Å²) in [7, 11) is 1.68. The number of aryl methyl sites for hydroxylation is 1. The SMILES string of the molecule is Cc1ccc(NC(=O)CN(C)C(=O)[C@H](C)[NH+]2CCN(c3ccc(O)cc3)CC2)cc1. The molecule has 1 fully saturated rings. The Labute approximate surface area is 177 Å². The van der Waals surface area contributed by atoms with E-state index < -0.39 is 0 Å². The number of nitrogens with one attached hydrogen (secondary N) is 2. The summed E-state index contributed by atoms with van der Waals surface area (Å²) in [4.78, 5) is 30.1. The number of hydrogen-bond donors (Lipinski definition) is 3. The molecule has 2 aromatic carbocycles. The van der Waals surface area contributed by atoms with Gasteiger partial charge in [0, 0.05) is 18.4 Å². The molecule has 1 heterocycles. The molecule has 1 atom stereocenters. The van der Waals surface area contributed by atoms with Crippen molar-refractivity contribution >= 4 is 23.2 Å². The molecule has 2 amide bonds. The number of rotatable bonds is 6. The van der Waals surface area contributed by atoms with E-state index in [1.54, 1.807) is 19.2 Å². The monoisotopic (exact) mass is 411 g/mol. The smallest absolute Gasteiger partial charge is 0.280 e. The molecule has 160 valence electrons. The highest BCUT2D eigenvalue weighted by atomic mass is 16.3. The Morgan fingerprint density at radius 3 is 2.30 bits per heavy atom. The van der Waals surface area contributed by atoms with Gasteiger partial charge in [0.2, 0.25) is 5.91 Å². The maximum atomic E-state index is 12.8. The van der Waals surface area contributed by atoms with Gasteiger partial charge in [0.25, 0.3) is 5.91 Å². The fourth-order valence-electron chi connectivity index (χ4n) is 3.78. The first-order valence-corrected chi connectivity index (χ1v) is 10.3. The van der Waals surface area contributed by atoms with Gasteiger partial charge in [-0.2, -0.15) is 0 Å². The zero-order chi connectivity index (χ0) is 21.7. The second-order valence-electron chi connectivity index (χ2n) is 7.99. The van der Waals surface area contributed by atoms with Crippen LogP contribution in [0.3, 0.4) is 0 Å². The molecule has 0 aromatic heterocycles. The Morgan fingerprint density at radius 1 is 1.10 bits per heavy atom. The molecule has 1 aliphatic heterocycles. The van der Waals surface area contributed by atoms with E-state index in [2.05, 4.69) is 10.2 Å². The molecule has 0 spiro atoms. The van der Waals surface area contributed by atoms with Gasteiger partial charge < -0.3 is 25.1 Å². The van der Waals surface area contributed by atoms with E-state index in [0.717, 1.165) is 43.1 Å². The highest BCUT2D eigenvalue weighted by Crippen LogP contribution is 2.18. The first kappa shape index (κ1) is 21.6. The van der Waals surface area contributed by atoms with Crippen molar-refractivity contribution in [3.05, 3.63) is 54.1 Å². The Bertz CT molecular complexity index is 859. The third-order valence-corrected chi connectivity index (χ3v) is 5.70. The van der Waals surface area contributed by atoms with Crippen LogP contribution in [0.15, 0.2) is 48.5 Å². The minimum absolute atomic E-state index is 0.0258. The van der Waals surface area contributed by atoms with Gasteiger partial charge in [-0.25, -0.2) is 0 Å². The van der Waals surface area contributed by atoms with Gasteiger partial charge in [-0.1, -0.05) is 17.7 Å². The molecule has 30 heavy (non-hydrogen) atoms. The summed E-state index contributed by atoms with van der Waals surface area (Å²) in [5, 5.41) is 12.3. The number of aromatic hydroxyl groups is 1. The number of phenols is 1. The lowest BCUT2D eigenvalue weighted by atomic mass is 10.2. The van der Waals surface area contributed by atoms with Crippen LogP contribution < -0.4 is 15.1 Å². The Morgan fingerprint density at radius 2 is 1.70 bits per heavy atom. The maximum absolute atomic E-state index is 12.8. The zero-order valence-corrected chi connectivity index (χ0v) is 17.9. The number of benzene rings is 2. The lowest BCUT2D eigenvalue weighted by Gasteiger charge is -2.36. The summed E-state index contributed by atoms with van der Waals surface area (Å²) in [5.41, 5.74) is 2.94. The fourth-order valence-corrected chi connectivity index (χ4v) is 3.78. The molecule has 0 radical (unpaired) electrons. The van der Waals surface area contributed by atoms with Crippen LogP contribution in [0.4, 0.5) is 11.4 Å². The average molecular weight is 412 g/mol. The summed E-state index contributed by atoms with van der Waals surface area (Å²) in [5.74, 6) is 0.0351. The average Bonchev–Trinajstić information content (AvgIpc) is 2.75. The van der Waals surface area contributed by atoms with Gasteiger partial charge in [0.15, 0.2) is 6.04 Å². The van der Waals surface area contributed by atoms with E-state index in [0.29, 0.717) is 0 Å². The number of amides is 2. The molecule has 1 saturated heterocycles. The quantitative estimate of drug-likeness (QED) is 0.660. The van der Waals surface area contributed by atoms with Crippen LogP contribution in [-0.2, 0) is 9.59 Å². The normalized spacial score (nSPS) is 15.5. The maximum Gasteiger partial charge on any atom is 0.280 e. The van der Waals surface area contributed by atoms with Crippen LogP contribution in [0.25, 0.3) is 0 Å². The van der Waals surface area contributed by atoms with Crippen molar-refractivity contribution in [3.63, 3.8) is 0 Å². The minimum atomic E-state index is -0.204. The molecule has 1 aliphatic rings. The highest BCUT2D eigenvalue weighted by Gasteiger charge is 2.31. The van der Waals surface area contributed by atoms with Crippen molar-refractivity contribution in [3.8, 4) is 5.75 Å². The topological polar surface area (TPSA) is 77.3 Å². The molecule has 7 nitrogen and oxygen atoms in total. The van der Waals surface area contributed by atoms with Crippen molar-refractivity contribution in [1.82, 2.24) is 4.90 Å². The third-order valence-electron chi connectivity index (χ3n) is 5.70. The first-order valence-electron chi connectivity index (χ1n) is 10.3. The van der Waals surface area contributed by atoms with Crippen LogP contribution >= 0.6 is 0 Å². The van der Waals surface area contributed by atoms with Crippen LogP contribution in [-0.4, -0.2) is 67.6 Å². The predicted molar refractivity (Wildman–Crippen MR) is 118 cm³/mol.